The van der Waals surface area contributed by atoms with Crippen molar-refractivity contribution in [3.63, 3.8) is 0 Å². The van der Waals surface area contributed by atoms with Gasteiger partial charge in [-0.1, -0.05) is 27.2 Å². The Bertz CT molecular complexity index is 312. The summed E-state index contributed by atoms with van der Waals surface area (Å²) in [6, 6.07) is 0.555. The van der Waals surface area contributed by atoms with Crippen molar-refractivity contribution in [2.75, 3.05) is 33.7 Å². The fourth-order valence-corrected chi connectivity index (χ4v) is 4.27. The number of aliphatic hydroxyl groups is 1. The van der Waals surface area contributed by atoms with Crippen LogP contribution in [0.15, 0.2) is 0 Å². The summed E-state index contributed by atoms with van der Waals surface area (Å²) in [6.45, 7) is 10.8. The van der Waals surface area contributed by atoms with Crippen LogP contribution in [0, 0.1) is 17.3 Å². The Kier molecular flexibility index (Phi) is 5.14. The molecule has 118 valence electrons. The van der Waals surface area contributed by atoms with Crippen molar-refractivity contribution in [1.82, 2.24) is 9.80 Å². The Balaban J connectivity index is 1.99. The van der Waals surface area contributed by atoms with E-state index < -0.39 is 0 Å². The molecule has 0 aromatic heterocycles. The van der Waals surface area contributed by atoms with Gasteiger partial charge in [0.05, 0.1) is 6.10 Å². The van der Waals surface area contributed by atoms with Crippen molar-refractivity contribution in [2.24, 2.45) is 17.3 Å². The molecule has 1 aliphatic heterocycles. The second-order valence-corrected chi connectivity index (χ2v) is 8.01. The molecule has 1 saturated heterocycles. The van der Waals surface area contributed by atoms with Gasteiger partial charge in [0.15, 0.2) is 0 Å². The van der Waals surface area contributed by atoms with E-state index in [1.165, 1.54) is 32.5 Å². The Morgan fingerprint density at radius 1 is 1.25 bits per heavy atom. The quantitative estimate of drug-likeness (QED) is 0.839. The van der Waals surface area contributed by atoms with Crippen molar-refractivity contribution < 1.29 is 5.11 Å². The zero-order chi connectivity index (χ0) is 14.9. The van der Waals surface area contributed by atoms with Crippen LogP contribution in [-0.2, 0) is 0 Å². The molecule has 1 aliphatic carbocycles. The fourth-order valence-electron chi connectivity index (χ4n) is 4.27. The second kappa shape index (κ2) is 6.33. The van der Waals surface area contributed by atoms with Gasteiger partial charge in [-0.3, -0.25) is 0 Å². The van der Waals surface area contributed by atoms with Crippen molar-refractivity contribution in [2.45, 2.75) is 58.6 Å². The number of nitrogens with zero attached hydrogens (tertiary/aromatic N) is 2. The molecule has 0 bridgehead atoms. The second-order valence-electron chi connectivity index (χ2n) is 8.01. The van der Waals surface area contributed by atoms with Gasteiger partial charge in [-0.25, -0.2) is 0 Å². The minimum atomic E-state index is -0.0876. The molecule has 2 fully saturated rings. The minimum absolute atomic E-state index is 0.0876. The predicted octanol–water partition coefficient (Wildman–Crippen LogP) is 2.45. The van der Waals surface area contributed by atoms with Gasteiger partial charge in [0.25, 0.3) is 0 Å². The third-order valence-electron chi connectivity index (χ3n) is 5.96. The smallest absolute Gasteiger partial charge is 0.0555 e. The van der Waals surface area contributed by atoms with Crippen molar-refractivity contribution in [3.8, 4) is 0 Å². The molecular weight excluding hydrogens is 248 g/mol. The van der Waals surface area contributed by atoms with Crippen molar-refractivity contribution in [1.29, 1.82) is 0 Å². The van der Waals surface area contributed by atoms with E-state index >= 15 is 0 Å². The highest BCUT2D eigenvalue weighted by molar-refractivity contribution is 4.94. The number of hydrogen-bond acceptors (Lipinski definition) is 3. The van der Waals surface area contributed by atoms with Gasteiger partial charge in [0.1, 0.15) is 0 Å². The summed E-state index contributed by atoms with van der Waals surface area (Å²) in [7, 11) is 4.48. The fraction of sp³-hybridized carbons (Fsp3) is 1.00. The molecule has 1 heterocycles. The van der Waals surface area contributed by atoms with Gasteiger partial charge in [0.2, 0.25) is 0 Å². The SMILES string of the molecule is CCC(C)(C)C1CCC(O)CC1N(C)CC1CN(C)C1. The first-order valence-electron chi connectivity index (χ1n) is 8.40. The lowest BCUT2D eigenvalue weighted by Gasteiger charge is -2.49. The van der Waals surface area contributed by atoms with Crippen molar-refractivity contribution in [3.05, 3.63) is 0 Å². The summed E-state index contributed by atoms with van der Waals surface area (Å²) < 4.78 is 0. The molecule has 0 aromatic rings. The maximum Gasteiger partial charge on any atom is 0.0555 e. The maximum absolute atomic E-state index is 10.1. The average Bonchev–Trinajstić information content (AvgIpc) is 2.36. The highest BCUT2D eigenvalue weighted by Gasteiger charge is 2.41. The van der Waals surface area contributed by atoms with Crippen LogP contribution in [0.3, 0.4) is 0 Å². The Hall–Kier alpha value is -0.120. The molecular formula is C17H34N2O. The molecule has 3 unspecified atom stereocenters. The third kappa shape index (κ3) is 3.55. The zero-order valence-electron chi connectivity index (χ0n) is 14.1. The van der Waals surface area contributed by atoms with Crippen LogP contribution in [-0.4, -0.2) is 60.8 Å². The minimum Gasteiger partial charge on any atom is -0.393 e. The monoisotopic (exact) mass is 282 g/mol. The normalized spacial score (nSPS) is 33.5. The lowest BCUT2D eigenvalue weighted by Crippen LogP contribution is -2.54. The van der Waals surface area contributed by atoms with E-state index in [1.807, 2.05) is 0 Å². The van der Waals surface area contributed by atoms with Gasteiger partial charge in [-0.2, -0.15) is 0 Å². The van der Waals surface area contributed by atoms with Gasteiger partial charge in [-0.15, -0.1) is 0 Å². The molecule has 3 atom stereocenters. The number of hydrogen-bond donors (Lipinski definition) is 1. The van der Waals surface area contributed by atoms with E-state index in [1.54, 1.807) is 0 Å². The Morgan fingerprint density at radius 3 is 2.45 bits per heavy atom. The largest absolute Gasteiger partial charge is 0.393 e. The zero-order valence-corrected chi connectivity index (χ0v) is 14.1. The lowest BCUT2D eigenvalue weighted by atomic mass is 9.66. The molecule has 3 nitrogen and oxygen atoms in total. The molecule has 0 radical (unpaired) electrons. The molecule has 0 amide bonds. The first-order chi connectivity index (χ1) is 9.33. The van der Waals surface area contributed by atoms with Crippen LogP contribution in [0.1, 0.15) is 46.5 Å². The van der Waals surface area contributed by atoms with Gasteiger partial charge < -0.3 is 14.9 Å². The first kappa shape index (κ1) is 16.3. The van der Waals surface area contributed by atoms with Gasteiger partial charge >= 0.3 is 0 Å². The number of aliphatic hydroxyl groups excluding tert-OH is 1. The molecule has 2 aliphatic rings. The Morgan fingerprint density at radius 2 is 1.90 bits per heavy atom. The molecule has 2 rings (SSSR count). The molecule has 0 aromatic carbocycles. The number of likely N-dealkylation sites (tertiary alicyclic amines) is 1. The van der Waals surface area contributed by atoms with E-state index in [2.05, 4.69) is 44.7 Å². The lowest BCUT2D eigenvalue weighted by molar-refractivity contribution is -0.0232. The summed E-state index contributed by atoms with van der Waals surface area (Å²) >= 11 is 0. The summed E-state index contributed by atoms with van der Waals surface area (Å²) in [5.74, 6) is 1.55. The van der Waals surface area contributed by atoms with Crippen LogP contribution in [0.2, 0.25) is 0 Å². The molecule has 20 heavy (non-hydrogen) atoms. The van der Waals surface area contributed by atoms with Crippen LogP contribution in [0.5, 0.6) is 0 Å². The summed E-state index contributed by atoms with van der Waals surface area (Å²) in [4.78, 5) is 4.95. The van der Waals surface area contributed by atoms with E-state index in [-0.39, 0.29) is 6.10 Å². The topological polar surface area (TPSA) is 26.7 Å². The molecule has 1 saturated carbocycles. The standard InChI is InChI=1S/C17H34N2O/c1-6-17(2,3)15-8-7-14(20)9-16(15)19(5)12-13-10-18(4)11-13/h13-16,20H,6-12H2,1-5H3. The van der Waals surface area contributed by atoms with Crippen LogP contribution in [0.25, 0.3) is 0 Å². The highest BCUT2D eigenvalue weighted by atomic mass is 16.3. The van der Waals surface area contributed by atoms with Gasteiger partial charge in [0, 0.05) is 25.7 Å². The maximum atomic E-state index is 10.1. The van der Waals surface area contributed by atoms with E-state index in [0.29, 0.717) is 11.5 Å². The van der Waals surface area contributed by atoms with E-state index in [4.69, 9.17) is 0 Å². The van der Waals surface area contributed by atoms with E-state index in [0.717, 1.165) is 24.7 Å². The molecule has 3 heteroatoms. The average molecular weight is 282 g/mol. The van der Waals surface area contributed by atoms with Crippen molar-refractivity contribution >= 4 is 0 Å². The first-order valence-corrected chi connectivity index (χ1v) is 8.40. The number of rotatable bonds is 5. The van der Waals surface area contributed by atoms with Crippen LogP contribution in [0.4, 0.5) is 0 Å². The predicted molar refractivity (Wildman–Crippen MR) is 84.8 cm³/mol. The summed E-state index contributed by atoms with van der Waals surface area (Å²) in [6.07, 6.45) is 4.28. The molecule has 1 N–H and O–H groups in total. The molecule has 0 spiro atoms. The van der Waals surface area contributed by atoms with Crippen LogP contribution < -0.4 is 0 Å². The van der Waals surface area contributed by atoms with E-state index in [9.17, 15) is 5.11 Å². The summed E-state index contributed by atoms with van der Waals surface area (Å²) in [5, 5.41) is 10.1. The summed E-state index contributed by atoms with van der Waals surface area (Å²) in [5.41, 5.74) is 0.384. The third-order valence-corrected chi connectivity index (χ3v) is 5.96. The van der Waals surface area contributed by atoms with Crippen LogP contribution >= 0.6 is 0 Å². The highest BCUT2D eigenvalue weighted by Crippen LogP contribution is 2.42. The van der Waals surface area contributed by atoms with Gasteiger partial charge in [-0.05, 0) is 50.6 Å². The Labute approximate surface area is 125 Å².